The van der Waals surface area contributed by atoms with E-state index >= 15 is 0 Å². The van der Waals surface area contributed by atoms with Crippen LogP contribution in [-0.2, 0) is 0 Å². The molecule has 1 aromatic carbocycles. The maximum Gasteiger partial charge on any atom is 0.0453 e. The highest BCUT2D eigenvalue weighted by Gasteiger charge is 2.03. The van der Waals surface area contributed by atoms with Crippen LogP contribution in [0.5, 0.6) is 0 Å². The fourth-order valence-corrected chi connectivity index (χ4v) is 2.30. The first-order chi connectivity index (χ1) is 8.25. The summed E-state index contributed by atoms with van der Waals surface area (Å²) in [4.78, 5) is 0. The molecule has 1 heteroatoms. The number of hydrogen-bond acceptors (Lipinski definition) is 0. The van der Waals surface area contributed by atoms with Crippen LogP contribution in [0.3, 0.4) is 0 Å². The zero-order valence-electron chi connectivity index (χ0n) is 10.1. The topological polar surface area (TPSA) is 4.41 Å². The minimum absolute atomic E-state index is 1.25. The fourth-order valence-electron chi connectivity index (χ4n) is 2.30. The van der Waals surface area contributed by atoms with Crippen molar-refractivity contribution in [2.24, 2.45) is 0 Å². The van der Waals surface area contributed by atoms with Gasteiger partial charge in [-0.25, -0.2) is 0 Å². The number of aryl methyl sites for hydroxylation is 2. The lowest BCUT2D eigenvalue weighted by molar-refractivity contribution is 1.11. The van der Waals surface area contributed by atoms with Gasteiger partial charge >= 0.3 is 0 Å². The zero-order valence-corrected chi connectivity index (χ0v) is 10.1. The van der Waals surface area contributed by atoms with E-state index in [1.165, 1.54) is 27.9 Å². The molecule has 3 rings (SSSR count). The molecular weight excluding hydrogens is 206 g/mol. The van der Waals surface area contributed by atoms with E-state index in [0.29, 0.717) is 0 Å². The Morgan fingerprint density at radius 1 is 0.824 bits per heavy atom. The summed E-state index contributed by atoms with van der Waals surface area (Å²) in [5, 5.41) is 0. The smallest absolute Gasteiger partial charge is 0.0453 e. The molecule has 0 radical (unpaired) electrons. The molecule has 0 saturated heterocycles. The van der Waals surface area contributed by atoms with E-state index in [0.717, 1.165) is 0 Å². The summed E-state index contributed by atoms with van der Waals surface area (Å²) < 4.78 is 2.24. The molecule has 2 aromatic heterocycles. The van der Waals surface area contributed by atoms with Crippen molar-refractivity contribution in [1.82, 2.24) is 4.40 Å². The van der Waals surface area contributed by atoms with E-state index in [4.69, 9.17) is 0 Å². The molecule has 0 spiro atoms. The quantitative estimate of drug-likeness (QED) is 0.579. The summed E-state index contributed by atoms with van der Waals surface area (Å²) in [6, 6.07) is 17.2. The van der Waals surface area contributed by atoms with Crippen LogP contribution in [0, 0.1) is 13.8 Å². The van der Waals surface area contributed by atoms with Gasteiger partial charge in [-0.2, -0.15) is 0 Å². The highest BCUT2D eigenvalue weighted by Crippen LogP contribution is 2.24. The standard InChI is InChI=1S/C16H15N/c1-12-5-3-4-6-16(12)14-8-10-15-9-7-13(2)17(15)11-14/h3-11H,1-2H3. The lowest BCUT2D eigenvalue weighted by Gasteiger charge is -2.07. The van der Waals surface area contributed by atoms with Gasteiger partial charge in [0.25, 0.3) is 0 Å². The van der Waals surface area contributed by atoms with Crippen molar-refractivity contribution >= 4 is 5.52 Å². The molecule has 0 bridgehead atoms. The summed E-state index contributed by atoms with van der Waals surface area (Å²) in [7, 11) is 0. The maximum atomic E-state index is 2.24. The predicted molar refractivity (Wildman–Crippen MR) is 72.3 cm³/mol. The first-order valence-corrected chi connectivity index (χ1v) is 5.89. The average Bonchev–Trinajstić information content (AvgIpc) is 2.71. The third-order valence-corrected chi connectivity index (χ3v) is 3.31. The Bertz CT molecular complexity index is 677. The van der Waals surface area contributed by atoms with Crippen LogP contribution in [0.4, 0.5) is 0 Å². The van der Waals surface area contributed by atoms with E-state index in [9.17, 15) is 0 Å². The van der Waals surface area contributed by atoms with Crippen LogP contribution in [0.15, 0.2) is 54.7 Å². The van der Waals surface area contributed by atoms with Crippen LogP contribution in [0.25, 0.3) is 16.6 Å². The molecule has 0 N–H and O–H groups in total. The molecule has 17 heavy (non-hydrogen) atoms. The number of nitrogens with zero attached hydrogens (tertiary/aromatic N) is 1. The van der Waals surface area contributed by atoms with Gasteiger partial charge in [0.05, 0.1) is 0 Å². The summed E-state index contributed by atoms with van der Waals surface area (Å²) in [5.74, 6) is 0. The molecule has 0 aliphatic heterocycles. The molecule has 0 amide bonds. The summed E-state index contributed by atoms with van der Waals surface area (Å²) >= 11 is 0. The number of pyridine rings is 1. The molecule has 84 valence electrons. The van der Waals surface area contributed by atoms with Crippen LogP contribution < -0.4 is 0 Å². The largest absolute Gasteiger partial charge is 0.321 e. The Labute approximate surface area is 101 Å². The fraction of sp³-hybridized carbons (Fsp3) is 0.125. The molecule has 0 aliphatic rings. The van der Waals surface area contributed by atoms with Gasteiger partial charge in [0.15, 0.2) is 0 Å². The summed E-state index contributed by atoms with van der Waals surface area (Å²) in [6.45, 7) is 4.29. The van der Waals surface area contributed by atoms with Gasteiger partial charge in [-0.15, -0.1) is 0 Å². The number of hydrogen-bond donors (Lipinski definition) is 0. The lowest BCUT2D eigenvalue weighted by Crippen LogP contribution is -1.89. The second-order valence-electron chi connectivity index (χ2n) is 4.50. The third-order valence-electron chi connectivity index (χ3n) is 3.31. The average molecular weight is 221 g/mol. The van der Waals surface area contributed by atoms with Crippen LogP contribution >= 0.6 is 0 Å². The second-order valence-corrected chi connectivity index (χ2v) is 4.50. The van der Waals surface area contributed by atoms with Gasteiger partial charge in [-0.1, -0.05) is 30.3 Å². The Morgan fingerprint density at radius 2 is 1.59 bits per heavy atom. The normalized spacial score (nSPS) is 10.9. The van der Waals surface area contributed by atoms with Crippen molar-refractivity contribution in [2.75, 3.05) is 0 Å². The molecule has 0 atom stereocenters. The maximum absolute atomic E-state index is 2.24. The van der Waals surface area contributed by atoms with Crippen molar-refractivity contribution in [1.29, 1.82) is 0 Å². The third kappa shape index (κ3) is 1.64. The number of benzene rings is 1. The number of fused-ring (bicyclic) bond motifs is 1. The van der Waals surface area contributed by atoms with Crippen molar-refractivity contribution in [3.05, 3.63) is 66.0 Å². The van der Waals surface area contributed by atoms with Gasteiger partial charge in [0.2, 0.25) is 0 Å². The van der Waals surface area contributed by atoms with Crippen LogP contribution in [0.1, 0.15) is 11.3 Å². The molecule has 1 nitrogen and oxygen atoms in total. The molecule has 0 fully saturated rings. The highest BCUT2D eigenvalue weighted by atomic mass is 14.9. The van der Waals surface area contributed by atoms with Gasteiger partial charge in [0, 0.05) is 17.4 Å². The van der Waals surface area contributed by atoms with Gasteiger partial charge in [0.1, 0.15) is 0 Å². The monoisotopic (exact) mass is 221 g/mol. The number of aromatic nitrogens is 1. The molecule has 0 aliphatic carbocycles. The van der Waals surface area contributed by atoms with E-state index in [-0.39, 0.29) is 0 Å². The Hall–Kier alpha value is -2.02. The van der Waals surface area contributed by atoms with Crippen LogP contribution in [0.2, 0.25) is 0 Å². The lowest BCUT2D eigenvalue weighted by atomic mass is 10.0. The summed E-state index contributed by atoms with van der Waals surface area (Å²) in [6.07, 6.45) is 2.22. The first-order valence-electron chi connectivity index (χ1n) is 5.89. The SMILES string of the molecule is Cc1ccccc1-c1ccc2ccc(C)n2c1. The highest BCUT2D eigenvalue weighted by molar-refractivity contribution is 5.69. The van der Waals surface area contributed by atoms with Gasteiger partial charge in [-0.05, 0) is 48.7 Å². The molecule has 0 saturated carbocycles. The van der Waals surface area contributed by atoms with Gasteiger partial charge < -0.3 is 4.40 Å². The van der Waals surface area contributed by atoms with Gasteiger partial charge in [-0.3, -0.25) is 0 Å². The van der Waals surface area contributed by atoms with Crippen molar-refractivity contribution in [3.8, 4) is 11.1 Å². The Kier molecular flexibility index (Phi) is 2.25. The Balaban J connectivity index is 2.24. The van der Waals surface area contributed by atoms with Crippen molar-refractivity contribution in [3.63, 3.8) is 0 Å². The summed E-state index contributed by atoms with van der Waals surface area (Å²) in [5.41, 5.74) is 6.42. The Morgan fingerprint density at radius 3 is 2.41 bits per heavy atom. The van der Waals surface area contributed by atoms with Crippen molar-refractivity contribution in [2.45, 2.75) is 13.8 Å². The van der Waals surface area contributed by atoms with E-state index in [1.807, 2.05) is 0 Å². The molecule has 0 unspecified atom stereocenters. The predicted octanol–water partition coefficient (Wildman–Crippen LogP) is 4.22. The minimum atomic E-state index is 1.25. The first kappa shape index (κ1) is 10.2. The second kappa shape index (κ2) is 3.77. The molecular formula is C16H15N. The van der Waals surface area contributed by atoms with Crippen LogP contribution in [-0.4, -0.2) is 4.40 Å². The minimum Gasteiger partial charge on any atom is -0.321 e. The molecule has 2 heterocycles. The van der Waals surface area contributed by atoms with E-state index in [1.54, 1.807) is 0 Å². The van der Waals surface area contributed by atoms with Crippen molar-refractivity contribution < 1.29 is 0 Å². The zero-order chi connectivity index (χ0) is 11.8. The van der Waals surface area contributed by atoms with E-state index in [2.05, 4.69) is 73.0 Å². The number of rotatable bonds is 1. The molecule has 3 aromatic rings. The van der Waals surface area contributed by atoms with E-state index < -0.39 is 0 Å².